The molecule has 1 heterocycles. The molecule has 3 aromatic carbocycles. The molecular formula is C30H29FN2O6. The second kappa shape index (κ2) is 11.8. The van der Waals surface area contributed by atoms with Gasteiger partial charge in [-0.2, -0.15) is 0 Å². The van der Waals surface area contributed by atoms with Crippen LogP contribution in [-0.2, 0) is 14.3 Å². The van der Waals surface area contributed by atoms with Crippen molar-refractivity contribution in [2.24, 2.45) is 0 Å². The van der Waals surface area contributed by atoms with E-state index in [0.29, 0.717) is 39.1 Å². The molecule has 9 heteroatoms. The first-order valence-corrected chi connectivity index (χ1v) is 12.3. The van der Waals surface area contributed by atoms with E-state index in [9.17, 15) is 18.8 Å². The Morgan fingerprint density at radius 2 is 1.67 bits per heavy atom. The smallest absolute Gasteiger partial charge is 0.307 e. The van der Waals surface area contributed by atoms with Crippen LogP contribution in [0.5, 0.6) is 11.5 Å². The number of nitrogens with zero attached hydrogens (tertiary/aromatic N) is 1. The minimum absolute atomic E-state index is 0.159. The van der Waals surface area contributed by atoms with E-state index in [1.807, 2.05) is 19.1 Å². The number of pyridine rings is 1. The van der Waals surface area contributed by atoms with Crippen LogP contribution in [0.25, 0.3) is 22.0 Å². The van der Waals surface area contributed by atoms with Crippen LogP contribution in [0.4, 0.5) is 4.39 Å². The number of methoxy groups -OCH3 is 2. The van der Waals surface area contributed by atoms with E-state index in [-0.39, 0.29) is 13.2 Å². The minimum Gasteiger partial charge on any atom is -0.497 e. The lowest BCUT2D eigenvalue weighted by atomic mass is 9.97. The number of esters is 1. The van der Waals surface area contributed by atoms with Gasteiger partial charge in [-0.15, -0.1) is 0 Å². The molecular weight excluding hydrogens is 503 g/mol. The molecule has 39 heavy (non-hydrogen) atoms. The summed E-state index contributed by atoms with van der Waals surface area (Å²) < 4.78 is 31.3. The monoisotopic (exact) mass is 532 g/mol. The molecule has 1 amide bonds. The number of hydrogen-bond acceptors (Lipinski definition) is 6. The summed E-state index contributed by atoms with van der Waals surface area (Å²) in [5.41, 5.74) is 2.50. The minimum atomic E-state index is -1.12. The predicted molar refractivity (Wildman–Crippen MR) is 145 cm³/mol. The van der Waals surface area contributed by atoms with E-state index in [2.05, 4.69) is 5.32 Å². The van der Waals surface area contributed by atoms with Crippen LogP contribution in [0.1, 0.15) is 30.5 Å². The third kappa shape index (κ3) is 5.77. The number of benzene rings is 3. The van der Waals surface area contributed by atoms with Crippen LogP contribution in [0.15, 0.2) is 71.5 Å². The molecule has 8 nitrogen and oxygen atoms in total. The number of carbonyl (C=O) groups excluding carboxylic acids is 2. The zero-order valence-corrected chi connectivity index (χ0v) is 22.1. The normalized spacial score (nSPS) is 11.6. The standard InChI is InChI=1S/C30H29FN2O6/c1-5-27(35)39-17-32-30(36)29(20-8-6-18(2)7-9-20)33-24-14-22(37-3)15-25(38-4)28(24)23(16-26(33)34)19-10-12-21(31)13-11-19/h6-16,29H,5,17H2,1-4H3,(H,32,36). The Hall–Kier alpha value is -4.66. The summed E-state index contributed by atoms with van der Waals surface area (Å²) in [4.78, 5) is 39.1. The van der Waals surface area contributed by atoms with Crippen molar-refractivity contribution in [2.75, 3.05) is 21.0 Å². The molecule has 0 spiro atoms. The van der Waals surface area contributed by atoms with Crippen molar-refractivity contribution in [3.8, 4) is 22.6 Å². The molecule has 0 saturated heterocycles. The molecule has 1 atom stereocenters. The van der Waals surface area contributed by atoms with E-state index in [1.165, 1.54) is 37.0 Å². The van der Waals surface area contributed by atoms with Crippen LogP contribution in [0.2, 0.25) is 0 Å². The van der Waals surface area contributed by atoms with Gasteiger partial charge in [-0.25, -0.2) is 4.39 Å². The second-order valence-electron chi connectivity index (χ2n) is 8.87. The van der Waals surface area contributed by atoms with Crippen molar-refractivity contribution in [1.29, 1.82) is 0 Å². The number of amides is 1. The Morgan fingerprint density at radius 1 is 0.974 bits per heavy atom. The molecule has 4 rings (SSSR count). The number of aromatic nitrogens is 1. The predicted octanol–water partition coefficient (Wildman–Crippen LogP) is 4.75. The highest BCUT2D eigenvalue weighted by molar-refractivity contribution is 6.01. The van der Waals surface area contributed by atoms with Gasteiger partial charge in [-0.05, 0) is 30.2 Å². The number of rotatable bonds is 9. The third-order valence-corrected chi connectivity index (χ3v) is 6.37. The molecule has 0 saturated carbocycles. The fraction of sp³-hybridized carbons (Fsp3) is 0.233. The number of nitrogens with one attached hydrogen (secondary N) is 1. The molecule has 0 radical (unpaired) electrons. The van der Waals surface area contributed by atoms with Gasteiger partial charge >= 0.3 is 5.97 Å². The Bertz CT molecular complexity index is 1560. The first kappa shape index (κ1) is 27.4. The molecule has 0 bridgehead atoms. The van der Waals surface area contributed by atoms with Crippen molar-refractivity contribution in [2.45, 2.75) is 26.3 Å². The first-order valence-electron chi connectivity index (χ1n) is 12.3. The zero-order chi connectivity index (χ0) is 28.1. The largest absolute Gasteiger partial charge is 0.497 e. The molecule has 4 aromatic rings. The van der Waals surface area contributed by atoms with Crippen molar-refractivity contribution in [1.82, 2.24) is 9.88 Å². The average molecular weight is 533 g/mol. The number of fused-ring (bicyclic) bond motifs is 1. The molecule has 202 valence electrons. The Balaban J connectivity index is 2.00. The highest BCUT2D eigenvalue weighted by Crippen LogP contribution is 2.39. The van der Waals surface area contributed by atoms with E-state index in [0.717, 1.165) is 5.56 Å². The zero-order valence-electron chi connectivity index (χ0n) is 22.1. The third-order valence-electron chi connectivity index (χ3n) is 6.37. The number of carbonyl (C=O) groups is 2. The molecule has 0 fully saturated rings. The van der Waals surface area contributed by atoms with Crippen LogP contribution in [0, 0.1) is 12.7 Å². The Kier molecular flexibility index (Phi) is 8.29. The van der Waals surface area contributed by atoms with E-state index >= 15 is 0 Å². The van der Waals surface area contributed by atoms with Crippen molar-refractivity contribution < 1.29 is 28.2 Å². The molecule has 1 N–H and O–H groups in total. The Morgan fingerprint density at radius 3 is 2.28 bits per heavy atom. The van der Waals surface area contributed by atoms with Crippen LogP contribution in [-0.4, -0.2) is 37.4 Å². The fourth-order valence-corrected chi connectivity index (χ4v) is 4.38. The molecule has 0 aliphatic heterocycles. The van der Waals surface area contributed by atoms with Crippen LogP contribution < -0.4 is 20.3 Å². The summed E-state index contributed by atoms with van der Waals surface area (Å²) >= 11 is 0. The number of halogens is 1. The van der Waals surface area contributed by atoms with Crippen molar-refractivity contribution >= 4 is 22.8 Å². The summed E-state index contributed by atoms with van der Waals surface area (Å²) in [7, 11) is 2.98. The van der Waals surface area contributed by atoms with Gasteiger partial charge in [0, 0.05) is 35.6 Å². The van der Waals surface area contributed by atoms with Gasteiger partial charge in [0.1, 0.15) is 23.4 Å². The number of hydrogen-bond donors (Lipinski definition) is 1. The van der Waals surface area contributed by atoms with E-state index < -0.39 is 29.3 Å². The lowest BCUT2D eigenvalue weighted by Gasteiger charge is -2.24. The lowest BCUT2D eigenvalue weighted by molar-refractivity contribution is -0.145. The van der Waals surface area contributed by atoms with Crippen molar-refractivity contribution in [3.63, 3.8) is 0 Å². The maximum Gasteiger partial charge on any atom is 0.307 e. The van der Waals surface area contributed by atoms with Gasteiger partial charge in [0.2, 0.25) is 5.91 Å². The first-order chi connectivity index (χ1) is 18.8. The maximum absolute atomic E-state index is 13.8. The SMILES string of the molecule is CCC(=O)OCNC(=O)C(c1ccc(C)cc1)n1c(=O)cc(-c2ccc(F)cc2)c2c(OC)cc(OC)cc21. The lowest BCUT2D eigenvalue weighted by Crippen LogP contribution is -2.39. The highest BCUT2D eigenvalue weighted by atomic mass is 19.1. The van der Waals surface area contributed by atoms with E-state index in [4.69, 9.17) is 14.2 Å². The quantitative estimate of drug-likeness (QED) is 0.247. The summed E-state index contributed by atoms with van der Waals surface area (Å²) in [6, 6.07) is 16.6. The fourth-order valence-electron chi connectivity index (χ4n) is 4.38. The van der Waals surface area contributed by atoms with Crippen LogP contribution in [0.3, 0.4) is 0 Å². The van der Waals surface area contributed by atoms with E-state index in [1.54, 1.807) is 43.3 Å². The summed E-state index contributed by atoms with van der Waals surface area (Å²) in [5.74, 6) is -0.628. The van der Waals surface area contributed by atoms with Gasteiger partial charge in [0.25, 0.3) is 5.56 Å². The second-order valence-corrected chi connectivity index (χ2v) is 8.87. The van der Waals surface area contributed by atoms with Crippen molar-refractivity contribution in [3.05, 3.63) is 94.0 Å². The molecule has 1 aromatic heterocycles. The number of ether oxygens (including phenoxy) is 3. The average Bonchev–Trinajstić information content (AvgIpc) is 2.94. The van der Waals surface area contributed by atoms with Crippen LogP contribution >= 0.6 is 0 Å². The molecule has 1 unspecified atom stereocenters. The number of aryl methyl sites for hydroxylation is 1. The van der Waals surface area contributed by atoms with Gasteiger partial charge in [-0.3, -0.25) is 19.0 Å². The van der Waals surface area contributed by atoms with Gasteiger partial charge in [0.15, 0.2) is 6.73 Å². The Labute approximate surface area is 224 Å². The molecule has 0 aliphatic carbocycles. The van der Waals surface area contributed by atoms with Gasteiger partial charge in [0.05, 0.1) is 19.7 Å². The maximum atomic E-state index is 13.8. The summed E-state index contributed by atoms with van der Waals surface area (Å²) in [6.45, 7) is 3.22. The van der Waals surface area contributed by atoms with Gasteiger partial charge in [-0.1, -0.05) is 48.9 Å². The summed E-state index contributed by atoms with van der Waals surface area (Å²) in [6.07, 6.45) is 0.159. The summed E-state index contributed by atoms with van der Waals surface area (Å²) in [5, 5.41) is 3.15. The molecule has 0 aliphatic rings. The topological polar surface area (TPSA) is 95.9 Å². The highest BCUT2D eigenvalue weighted by Gasteiger charge is 2.28. The van der Waals surface area contributed by atoms with Gasteiger partial charge < -0.3 is 19.5 Å².